The molecule has 1 amide bonds. The van der Waals surface area contributed by atoms with E-state index in [-0.39, 0.29) is 17.9 Å². The molecule has 6 nitrogen and oxygen atoms in total. The monoisotopic (exact) mass is 290 g/mol. The first-order valence-corrected chi connectivity index (χ1v) is 6.94. The number of rotatable bonds is 4. The number of furan rings is 1. The first-order chi connectivity index (χ1) is 10.2. The smallest absolute Gasteiger partial charge is 0.257 e. The number of hydrogen-bond acceptors (Lipinski definition) is 5. The lowest BCUT2D eigenvalue weighted by atomic mass is 10.0. The zero-order valence-electron chi connectivity index (χ0n) is 12.1. The molecule has 1 aliphatic rings. The highest BCUT2D eigenvalue weighted by Crippen LogP contribution is 2.25. The minimum atomic E-state index is -0.0259. The van der Waals surface area contributed by atoms with Gasteiger partial charge in [-0.25, -0.2) is 0 Å². The standard InChI is InChI=1S/C15H18N2O4/c1-10-5-13(21-16-10)6-12-7-17(8-14(12)19-2)15(18)11-3-4-20-9-11/h3-5,9,12,14H,6-8H2,1-2H3/t12-,14+/m1/s1. The Morgan fingerprint density at radius 2 is 2.38 bits per heavy atom. The molecule has 0 spiro atoms. The second-order valence-electron chi connectivity index (χ2n) is 5.40. The van der Waals surface area contributed by atoms with E-state index in [1.165, 1.54) is 12.5 Å². The molecule has 112 valence electrons. The summed E-state index contributed by atoms with van der Waals surface area (Å²) < 4.78 is 15.8. The molecule has 0 aromatic carbocycles. The summed E-state index contributed by atoms with van der Waals surface area (Å²) in [5, 5.41) is 3.90. The van der Waals surface area contributed by atoms with Gasteiger partial charge in [0.15, 0.2) is 0 Å². The van der Waals surface area contributed by atoms with Crippen molar-refractivity contribution >= 4 is 5.91 Å². The summed E-state index contributed by atoms with van der Waals surface area (Å²) in [6.45, 7) is 3.12. The van der Waals surface area contributed by atoms with Gasteiger partial charge in [0.2, 0.25) is 0 Å². The summed E-state index contributed by atoms with van der Waals surface area (Å²) in [6.07, 6.45) is 3.70. The lowest BCUT2D eigenvalue weighted by Crippen LogP contribution is -2.29. The van der Waals surface area contributed by atoms with E-state index in [9.17, 15) is 4.79 Å². The number of aryl methyl sites for hydroxylation is 1. The van der Waals surface area contributed by atoms with E-state index in [0.717, 1.165) is 11.5 Å². The molecule has 0 unspecified atom stereocenters. The molecule has 2 atom stereocenters. The minimum Gasteiger partial charge on any atom is -0.472 e. The van der Waals surface area contributed by atoms with Crippen molar-refractivity contribution in [3.63, 3.8) is 0 Å². The van der Waals surface area contributed by atoms with Gasteiger partial charge in [-0.15, -0.1) is 0 Å². The summed E-state index contributed by atoms with van der Waals surface area (Å²) in [7, 11) is 1.68. The molecule has 1 fully saturated rings. The average Bonchev–Trinajstić information content (AvgIpc) is 3.19. The van der Waals surface area contributed by atoms with Crippen molar-refractivity contribution < 1.29 is 18.5 Å². The summed E-state index contributed by atoms with van der Waals surface area (Å²) in [6, 6.07) is 3.60. The van der Waals surface area contributed by atoms with E-state index in [1.54, 1.807) is 18.1 Å². The van der Waals surface area contributed by atoms with Crippen LogP contribution in [0.4, 0.5) is 0 Å². The molecule has 0 saturated carbocycles. The molecule has 0 bridgehead atoms. The minimum absolute atomic E-state index is 0.00579. The Bertz CT molecular complexity index is 605. The van der Waals surface area contributed by atoms with E-state index in [4.69, 9.17) is 13.7 Å². The summed E-state index contributed by atoms with van der Waals surface area (Å²) >= 11 is 0. The van der Waals surface area contributed by atoms with E-state index < -0.39 is 0 Å². The van der Waals surface area contributed by atoms with Crippen molar-refractivity contribution in [2.75, 3.05) is 20.2 Å². The number of likely N-dealkylation sites (tertiary alicyclic amines) is 1. The highest BCUT2D eigenvalue weighted by molar-refractivity contribution is 5.94. The predicted octanol–water partition coefficient (Wildman–Crippen LogP) is 1.91. The fourth-order valence-electron chi connectivity index (χ4n) is 2.81. The number of carbonyl (C=O) groups is 1. The van der Waals surface area contributed by atoms with E-state index >= 15 is 0 Å². The Kier molecular flexibility index (Phi) is 3.79. The Balaban J connectivity index is 1.69. The molecule has 2 aromatic rings. The molecule has 0 aliphatic carbocycles. The Morgan fingerprint density at radius 3 is 3.00 bits per heavy atom. The van der Waals surface area contributed by atoms with Crippen LogP contribution >= 0.6 is 0 Å². The van der Waals surface area contributed by atoms with Gasteiger partial charge in [0, 0.05) is 38.6 Å². The molecule has 21 heavy (non-hydrogen) atoms. The van der Waals surface area contributed by atoms with Gasteiger partial charge >= 0.3 is 0 Å². The molecule has 1 saturated heterocycles. The number of nitrogens with zero attached hydrogens (tertiary/aromatic N) is 2. The second-order valence-corrected chi connectivity index (χ2v) is 5.40. The summed E-state index contributed by atoms with van der Waals surface area (Å²) in [5.41, 5.74) is 1.43. The number of ether oxygens (including phenoxy) is 1. The van der Waals surface area contributed by atoms with E-state index in [1.807, 2.05) is 13.0 Å². The fourth-order valence-corrected chi connectivity index (χ4v) is 2.81. The van der Waals surface area contributed by atoms with Gasteiger partial charge in [-0.2, -0.15) is 0 Å². The van der Waals surface area contributed by atoms with Crippen LogP contribution in [0.2, 0.25) is 0 Å². The van der Waals surface area contributed by atoms with Crippen molar-refractivity contribution in [3.05, 3.63) is 41.7 Å². The molecule has 1 aliphatic heterocycles. The third kappa shape index (κ3) is 2.85. The number of aromatic nitrogens is 1. The second kappa shape index (κ2) is 5.73. The van der Waals surface area contributed by atoms with Crippen LogP contribution in [0.1, 0.15) is 21.8 Å². The van der Waals surface area contributed by atoms with Crippen molar-refractivity contribution in [1.29, 1.82) is 0 Å². The van der Waals surface area contributed by atoms with Gasteiger partial charge in [-0.1, -0.05) is 5.16 Å². The SMILES string of the molecule is CO[C@H]1CN(C(=O)c2ccoc2)C[C@H]1Cc1cc(C)no1. The van der Waals surface area contributed by atoms with Crippen LogP contribution in [0.3, 0.4) is 0 Å². The van der Waals surface area contributed by atoms with Gasteiger partial charge in [-0.05, 0) is 13.0 Å². The topological polar surface area (TPSA) is 68.7 Å². The molecule has 3 heterocycles. The van der Waals surface area contributed by atoms with Crippen LogP contribution in [0.15, 0.2) is 33.6 Å². The fraction of sp³-hybridized carbons (Fsp3) is 0.467. The maximum Gasteiger partial charge on any atom is 0.257 e. The number of carbonyl (C=O) groups excluding carboxylic acids is 1. The van der Waals surface area contributed by atoms with Crippen molar-refractivity contribution in [3.8, 4) is 0 Å². The zero-order valence-corrected chi connectivity index (χ0v) is 12.1. The number of hydrogen-bond donors (Lipinski definition) is 0. The van der Waals surface area contributed by atoms with Crippen LogP contribution in [0.5, 0.6) is 0 Å². The van der Waals surface area contributed by atoms with Gasteiger partial charge in [0.1, 0.15) is 12.0 Å². The van der Waals surface area contributed by atoms with Gasteiger partial charge < -0.3 is 18.6 Å². The Labute approximate surface area is 122 Å². The molecule has 3 rings (SSSR count). The van der Waals surface area contributed by atoms with Crippen LogP contribution in [0.25, 0.3) is 0 Å². The van der Waals surface area contributed by atoms with Crippen LogP contribution in [-0.2, 0) is 11.2 Å². The average molecular weight is 290 g/mol. The summed E-state index contributed by atoms with van der Waals surface area (Å²) in [4.78, 5) is 14.1. The normalized spacial score (nSPS) is 21.9. The maximum atomic E-state index is 12.3. The first-order valence-electron chi connectivity index (χ1n) is 6.94. The van der Waals surface area contributed by atoms with Crippen molar-refractivity contribution in [2.24, 2.45) is 5.92 Å². The maximum absolute atomic E-state index is 12.3. The van der Waals surface area contributed by atoms with Crippen molar-refractivity contribution in [2.45, 2.75) is 19.4 Å². The Morgan fingerprint density at radius 1 is 1.52 bits per heavy atom. The van der Waals surface area contributed by atoms with Gasteiger partial charge in [0.05, 0.1) is 23.6 Å². The molecular weight excluding hydrogens is 272 g/mol. The molecule has 0 radical (unpaired) electrons. The molecule has 2 aromatic heterocycles. The van der Waals surface area contributed by atoms with Crippen molar-refractivity contribution in [1.82, 2.24) is 10.1 Å². The van der Waals surface area contributed by atoms with Crippen LogP contribution < -0.4 is 0 Å². The van der Waals surface area contributed by atoms with Crippen LogP contribution in [-0.4, -0.2) is 42.3 Å². The zero-order chi connectivity index (χ0) is 14.8. The lowest BCUT2D eigenvalue weighted by molar-refractivity contribution is 0.0672. The third-order valence-electron chi connectivity index (χ3n) is 3.88. The molecule has 0 N–H and O–H groups in total. The van der Waals surface area contributed by atoms with Crippen LogP contribution in [0, 0.1) is 12.8 Å². The highest BCUT2D eigenvalue weighted by Gasteiger charge is 2.36. The lowest BCUT2D eigenvalue weighted by Gasteiger charge is -2.14. The van der Waals surface area contributed by atoms with Gasteiger partial charge in [-0.3, -0.25) is 4.79 Å². The highest BCUT2D eigenvalue weighted by atomic mass is 16.5. The third-order valence-corrected chi connectivity index (χ3v) is 3.88. The van der Waals surface area contributed by atoms with E-state index in [0.29, 0.717) is 25.1 Å². The quantitative estimate of drug-likeness (QED) is 0.860. The molecular formula is C15H18N2O4. The van der Waals surface area contributed by atoms with Gasteiger partial charge in [0.25, 0.3) is 5.91 Å². The predicted molar refractivity (Wildman–Crippen MR) is 73.8 cm³/mol. The molecule has 6 heteroatoms. The number of amides is 1. The van der Waals surface area contributed by atoms with E-state index in [2.05, 4.69) is 5.16 Å². The Hall–Kier alpha value is -2.08. The summed E-state index contributed by atoms with van der Waals surface area (Å²) in [5.74, 6) is 1.01. The first kappa shape index (κ1) is 13.9. The largest absolute Gasteiger partial charge is 0.472 e. The number of methoxy groups -OCH3 is 1.